The summed E-state index contributed by atoms with van der Waals surface area (Å²) in [5.41, 5.74) is -0.111. The number of pyridine rings is 1. The van der Waals surface area contributed by atoms with E-state index >= 15 is 0 Å². The smallest absolute Gasteiger partial charge is 0.323 e. The maximum absolute atomic E-state index is 10.7. The second-order valence-corrected chi connectivity index (χ2v) is 3.45. The summed E-state index contributed by atoms with van der Waals surface area (Å²) in [7, 11) is 0. The first kappa shape index (κ1) is 12.9. The number of nitro groups is 1. The second-order valence-electron chi connectivity index (χ2n) is 3.45. The third kappa shape index (κ3) is 3.71. The van der Waals surface area contributed by atoms with Crippen LogP contribution in [-0.2, 0) is 4.79 Å². The molecular formula is C10H13N3O4. The van der Waals surface area contributed by atoms with Gasteiger partial charge in [-0.1, -0.05) is 6.92 Å². The number of aromatic nitrogens is 1. The molecule has 0 aliphatic carbocycles. The van der Waals surface area contributed by atoms with E-state index in [2.05, 4.69) is 4.98 Å². The Hall–Kier alpha value is -2.18. The molecule has 7 heteroatoms. The van der Waals surface area contributed by atoms with Crippen LogP contribution in [0.25, 0.3) is 0 Å². The van der Waals surface area contributed by atoms with Crippen LogP contribution in [0.2, 0.25) is 0 Å². The van der Waals surface area contributed by atoms with Crippen molar-refractivity contribution in [3.63, 3.8) is 0 Å². The van der Waals surface area contributed by atoms with Gasteiger partial charge in [0.2, 0.25) is 0 Å². The molecule has 0 aliphatic rings. The first-order valence-electron chi connectivity index (χ1n) is 5.11. The minimum atomic E-state index is -0.960. The topological polar surface area (TPSA) is 96.6 Å². The van der Waals surface area contributed by atoms with Gasteiger partial charge in [-0.3, -0.25) is 14.9 Å². The SMILES string of the molecule is CCCN(CC(=O)O)c1ccc([N+](=O)[O-])cn1. The van der Waals surface area contributed by atoms with Gasteiger partial charge in [-0.25, -0.2) is 4.98 Å². The summed E-state index contributed by atoms with van der Waals surface area (Å²) < 4.78 is 0. The Morgan fingerprint density at radius 3 is 2.71 bits per heavy atom. The molecule has 0 amide bonds. The molecule has 0 saturated carbocycles. The van der Waals surface area contributed by atoms with Crippen molar-refractivity contribution in [1.82, 2.24) is 4.98 Å². The lowest BCUT2D eigenvalue weighted by atomic mass is 10.3. The molecule has 0 atom stereocenters. The molecule has 1 heterocycles. The highest BCUT2D eigenvalue weighted by Gasteiger charge is 2.12. The van der Waals surface area contributed by atoms with Crippen LogP contribution in [0.4, 0.5) is 11.5 Å². The molecule has 0 aliphatic heterocycles. The third-order valence-electron chi connectivity index (χ3n) is 2.09. The van der Waals surface area contributed by atoms with Crippen molar-refractivity contribution >= 4 is 17.5 Å². The number of rotatable bonds is 6. The van der Waals surface area contributed by atoms with Gasteiger partial charge in [-0.2, -0.15) is 0 Å². The fraction of sp³-hybridized carbons (Fsp3) is 0.400. The monoisotopic (exact) mass is 239 g/mol. The minimum absolute atomic E-state index is 0.111. The molecule has 7 nitrogen and oxygen atoms in total. The Kier molecular flexibility index (Phi) is 4.38. The zero-order valence-corrected chi connectivity index (χ0v) is 9.37. The summed E-state index contributed by atoms with van der Waals surface area (Å²) in [6.45, 7) is 2.29. The second kappa shape index (κ2) is 5.78. The normalized spacial score (nSPS) is 9.94. The highest BCUT2D eigenvalue weighted by Crippen LogP contribution is 2.15. The quantitative estimate of drug-likeness (QED) is 0.593. The van der Waals surface area contributed by atoms with E-state index in [0.29, 0.717) is 12.4 Å². The summed E-state index contributed by atoms with van der Waals surface area (Å²) in [5, 5.41) is 19.2. The van der Waals surface area contributed by atoms with Gasteiger partial charge in [0, 0.05) is 12.6 Å². The van der Waals surface area contributed by atoms with Gasteiger partial charge in [0.05, 0.1) is 4.92 Å². The number of aliphatic carboxylic acids is 1. The van der Waals surface area contributed by atoms with Crippen molar-refractivity contribution in [2.45, 2.75) is 13.3 Å². The van der Waals surface area contributed by atoms with E-state index in [1.807, 2.05) is 6.92 Å². The highest BCUT2D eigenvalue weighted by atomic mass is 16.6. The standard InChI is InChI=1S/C10H13N3O4/c1-2-5-12(7-10(14)15)9-4-3-8(6-11-9)13(16)17/h3-4,6H,2,5,7H2,1H3,(H,14,15). The lowest BCUT2D eigenvalue weighted by molar-refractivity contribution is -0.385. The molecule has 1 rings (SSSR count). The number of nitrogens with zero attached hydrogens (tertiary/aromatic N) is 3. The summed E-state index contributed by atoms with van der Waals surface area (Å²) >= 11 is 0. The molecule has 0 unspecified atom stereocenters. The minimum Gasteiger partial charge on any atom is -0.480 e. The zero-order valence-electron chi connectivity index (χ0n) is 9.37. The molecule has 0 fully saturated rings. The Morgan fingerprint density at radius 1 is 1.59 bits per heavy atom. The fourth-order valence-corrected chi connectivity index (χ4v) is 1.38. The molecule has 1 aromatic rings. The van der Waals surface area contributed by atoms with Crippen LogP contribution in [0, 0.1) is 10.1 Å². The van der Waals surface area contributed by atoms with Gasteiger partial charge < -0.3 is 10.0 Å². The van der Waals surface area contributed by atoms with Crippen LogP contribution >= 0.6 is 0 Å². The maximum Gasteiger partial charge on any atom is 0.323 e. The first-order chi connectivity index (χ1) is 8.04. The molecule has 0 saturated heterocycles. The van der Waals surface area contributed by atoms with Gasteiger partial charge in [-0.15, -0.1) is 0 Å². The Morgan fingerprint density at radius 2 is 2.29 bits per heavy atom. The van der Waals surface area contributed by atoms with Crippen molar-refractivity contribution in [2.75, 3.05) is 18.0 Å². The number of anilines is 1. The summed E-state index contributed by atoms with van der Waals surface area (Å²) in [5.74, 6) is -0.529. The summed E-state index contributed by atoms with van der Waals surface area (Å²) in [4.78, 5) is 26.0. The van der Waals surface area contributed by atoms with E-state index in [9.17, 15) is 14.9 Å². The average molecular weight is 239 g/mol. The molecule has 1 N–H and O–H groups in total. The summed E-state index contributed by atoms with van der Waals surface area (Å²) in [6, 6.07) is 2.77. The number of hydrogen-bond donors (Lipinski definition) is 1. The molecule has 92 valence electrons. The van der Waals surface area contributed by atoms with Crippen LogP contribution in [0.15, 0.2) is 18.3 Å². The molecule has 0 radical (unpaired) electrons. The molecule has 0 spiro atoms. The van der Waals surface area contributed by atoms with Crippen molar-refractivity contribution in [1.29, 1.82) is 0 Å². The van der Waals surface area contributed by atoms with Crippen LogP contribution in [0.5, 0.6) is 0 Å². The number of carbonyl (C=O) groups is 1. The van der Waals surface area contributed by atoms with Gasteiger partial charge in [0.25, 0.3) is 5.69 Å². The lowest BCUT2D eigenvalue weighted by Gasteiger charge is -2.20. The van der Waals surface area contributed by atoms with Crippen LogP contribution < -0.4 is 4.90 Å². The van der Waals surface area contributed by atoms with Crippen molar-refractivity contribution < 1.29 is 14.8 Å². The number of carboxylic acids is 1. The van der Waals surface area contributed by atoms with Gasteiger partial charge in [0.1, 0.15) is 18.6 Å². The zero-order chi connectivity index (χ0) is 12.8. The Balaban J connectivity index is 2.86. The van der Waals surface area contributed by atoms with Crippen LogP contribution in [-0.4, -0.2) is 34.1 Å². The van der Waals surface area contributed by atoms with E-state index in [-0.39, 0.29) is 12.2 Å². The molecule has 1 aromatic heterocycles. The molecule has 0 bridgehead atoms. The highest BCUT2D eigenvalue weighted by molar-refractivity contribution is 5.73. The van der Waals surface area contributed by atoms with Crippen LogP contribution in [0.3, 0.4) is 0 Å². The van der Waals surface area contributed by atoms with Gasteiger partial charge in [0.15, 0.2) is 0 Å². The van der Waals surface area contributed by atoms with Crippen LogP contribution in [0.1, 0.15) is 13.3 Å². The summed E-state index contributed by atoms with van der Waals surface area (Å²) in [6.07, 6.45) is 1.89. The Bertz CT molecular complexity index is 405. The van der Waals surface area contributed by atoms with E-state index in [4.69, 9.17) is 5.11 Å². The maximum atomic E-state index is 10.7. The van der Waals surface area contributed by atoms with E-state index in [1.54, 1.807) is 4.90 Å². The fourth-order valence-electron chi connectivity index (χ4n) is 1.38. The number of carboxylic acid groups (broad SMARTS) is 1. The first-order valence-corrected chi connectivity index (χ1v) is 5.11. The Labute approximate surface area is 97.8 Å². The largest absolute Gasteiger partial charge is 0.480 e. The average Bonchev–Trinajstić information content (AvgIpc) is 2.28. The van der Waals surface area contributed by atoms with E-state index in [0.717, 1.165) is 12.6 Å². The van der Waals surface area contributed by atoms with Crippen molar-refractivity contribution in [2.24, 2.45) is 0 Å². The predicted octanol–water partition coefficient (Wildman–Crippen LogP) is 1.29. The number of hydrogen-bond acceptors (Lipinski definition) is 5. The van der Waals surface area contributed by atoms with E-state index < -0.39 is 10.9 Å². The van der Waals surface area contributed by atoms with Gasteiger partial charge in [-0.05, 0) is 12.5 Å². The third-order valence-corrected chi connectivity index (χ3v) is 2.09. The molecule has 0 aromatic carbocycles. The van der Waals surface area contributed by atoms with Crippen molar-refractivity contribution in [3.8, 4) is 0 Å². The van der Waals surface area contributed by atoms with Gasteiger partial charge >= 0.3 is 5.97 Å². The molecule has 17 heavy (non-hydrogen) atoms. The van der Waals surface area contributed by atoms with Crippen molar-refractivity contribution in [3.05, 3.63) is 28.4 Å². The predicted molar refractivity (Wildman–Crippen MR) is 61.0 cm³/mol. The lowest BCUT2D eigenvalue weighted by Crippen LogP contribution is -2.31. The molecular weight excluding hydrogens is 226 g/mol. The van der Waals surface area contributed by atoms with E-state index in [1.165, 1.54) is 12.1 Å².